The highest BCUT2D eigenvalue weighted by Crippen LogP contribution is 2.27. The van der Waals surface area contributed by atoms with Crippen molar-refractivity contribution in [1.29, 1.82) is 0 Å². The van der Waals surface area contributed by atoms with Crippen LogP contribution in [0.3, 0.4) is 0 Å². The van der Waals surface area contributed by atoms with Crippen molar-refractivity contribution >= 4 is 21.6 Å². The lowest BCUT2D eigenvalue weighted by Crippen LogP contribution is -2.28. The van der Waals surface area contributed by atoms with Crippen molar-refractivity contribution in [2.45, 2.75) is 18.4 Å². The molecule has 0 aromatic heterocycles. The molecule has 33 heavy (non-hydrogen) atoms. The molecule has 0 aliphatic rings. The molecule has 8 nitrogen and oxygen atoms in total. The summed E-state index contributed by atoms with van der Waals surface area (Å²) in [5.41, 5.74) is 1.91. The zero-order valence-electron chi connectivity index (χ0n) is 18.6. The van der Waals surface area contributed by atoms with Gasteiger partial charge in [-0.2, -0.15) is 0 Å². The molecule has 0 unspecified atom stereocenters. The Morgan fingerprint density at radius 2 is 1.58 bits per heavy atom. The van der Waals surface area contributed by atoms with E-state index in [1.807, 2.05) is 6.07 Å². The summed E-state index contributed by atoms with van der Waals surface area (Å²) in [7, 11) is -0.636. The first-order valence-electron chi connectivity index (χ1n) is 10.1. The van der Waals surface area contributed by atoms with Crippen LogP contribution in [0.4, 0.5) is 5.69 Å². The van der Waals surface area contributed by atoms with Gasteiger partial charge in [-0.25, -0.2) is 8.42 Å². The summed E-state index contributed by atoms with van der Waals surface area (Å²) in [4.78, 5) is 12.3. The van der Waals surface area contributed by atoms with E-state index in [4.69, 9.17) is 14.2 Å². The van der Waals surface area contributed by atoms with Gasteiger partial charge in [0.2, 0.25) is 0 Å². The monoisotopic (exact) mass is 470 g/mol. The smallest absolute Gasteiger partial charge is 0.261 e. The van der Waals surface area contributed by atoms with Gasteiger partial charge in [0.15, 0.2) is 18.1 Å². The molecule has 3 aromatic rings. The van der Waals surface area contributed by atoms with E-state index < -0.39 is 10.0 Å². The molecule has 9 heteroatoms. The van der Waals surface area contributed by atoms with Gasteiger partial charge in [-0.3, -0.25) is 9.52 Å². The predicted molar refractivity (Wildman–Crippen MR) is 125 cm³/mol. The average molecular weight is 471 g/mol. The van der Waals surface area contributed by atoms with Crippen LogP contribution in [0, 0.1) is 6.92 Å². The molecule has 0 radical (unpaired) electrons. The Hall–Kier alpha value is -3.72. The first-order valence-corrected chi connectivity index (χ1v) is 11.6. The maximum Gasteiger partial charge on any atom is 0.261 e. The second-order valence-electron chi connectivity index (χ2n) is 7.15. The number of hydrogen-bond acceptors (Lipinski definition) is 6. The number of para-hydroxylation sites is 1. The number of ether oxygens (including phenoxy) is 3. The lowest BCUT2D eigenvalue weighted by molar-refractivity contribution is -0.123. The lowest BCUT2D eigenvalue weighted by atomic mass is 10.2. The fourth-order valence-electron chi connectivity index (χ4n) is 3.06. The van der Waals surface area contributed by atoms with Crippen LogP contribution in [0.1, 0.15) is 11.1 Å². The van der Waals surface area contributed by atoms with Crippen molar-refractivity contribution in [3.63, 3.8) is 0 Å². The van der Waals surface area contributed by atoms with Gasteiger partial charge in [0, 0.05) is 12.2 Å². The third-order valence-electron chi connectivity index (χ3n) is 4.78. The van der Waals surface area contributed by atoms with Gasteiger partial charge in [0.05, 0.1) is 19.1 Å². The lowest BCUT2D eigenvalue weighted by Gasteiger charge is -2.13. The van der Waals surface area contributed by atoms with Gasteiger partial charge in [-0.1, -0.05) is 24.3 Å². The van der Waals surface area contributed by atoms with Crippen LogP contribution in [0.15, 0.2) is 71.6 Å². The Kier molecular flexibility index (Phi) is 7.78. The largest absolute Gasteiger partial charge is 0.493 e. The van der Waals surface area contributed by atoms with Crippen molar-refractivity contribution < 1.29 is 27.4 Å². The van der Waals surface area contributed by atoms with Crippen LogP contribution in [-0.2, 0) is 21.4 Å². The summed E-state index contributed by atoms with van der Waals surface area (Å²) >= 11 is 0. The van der Waals surface area contributed by atoms with Crippen LogP contribution >= 0.6 is 0 Å². The van der Waals surface area contributed by atoms with E-state index in [0.29, 0.717) is 35.0 Å². The fourth-order valence-corrected chi connectivity index (χ4v) is 4.20. The van der Waals surface area contributed by atoms with Gasteiger partial charge in [-0.15, -0.1) is 0 Å². The molecule has 0 aliphatic carbocycles. The number of hydrogen-bond donors (Lipinski definition) is 2. The van der Waals surface area contributed by atoms with E-state index >= 15 is 0 Å². The maximum absolute atomic E-state index is 12.6. The van der Waals surface area contributed by atoms with Gasteiger partial charge in [0.1, 0.15) is 5.75 Å². The summed E-state index contributed by atoms with van der Waals surface area (Å²) in [6.45, 7) is 1.81. The highest BCUT2D eigenvalue weighted by atomic mass is 32.2. The van der Waals surface area contributed by atoms with Crippen LogP contribution in [-0.4, -0.2) is 35.2 Å². The molecule has 3 aromatic carbocycles. The summed E-state index contributed by atoms with van der Waals surface area (Å²) in [5.74, 6) is 1.30. The van der Waals surface area contributed by atoms with Crippen LogP contribution in [0.2, 0.25) is 0 Å². The maximum atomic E-state index is 12.6. The minimum atomic E-state index is -3.74. The zero-order valence-corrected chi connectivity index (χ0v) is 19.4. The zero-order chi connectivity index (χ0) is 23.8. The van der Waals surface area contributed by atoms with Crippen LogP contribution in [0.5, 0.6) is 17.2 Å². The molecule has 0 fully saturated rings. The molecule has 0 atom stereocenters. The molecule has 0 spiro atoms. The molecular weight excluding hydrogens is 444 g/mol. The van der Waals surface area contributed by atoms with E-state index in [2.05, 4.69) is 10.0 Å². The number of methoxy groups -OCH3 is 2. The SMILES string of the molecule is COc1ccc(CNC(=O)COc2ccc(S(=O)(=O)Nc3ccccc3)cc2C)cc1OC. The second kappa shape index (κ2) is 10.7. The summed E-state index contributed by atoms with van der Waals surface area (Å²) < 4.78 is 43.8. The number of carbonyl (C=O) groups is 1. The Morgan fingerprint density at radius 3 is 2.24 bits per heavy atom. The van der Waals surface area contributed by atoms with Crippen molar-refractivity contribution in [2.75, 3.05) is 25.5 Å². The average Bonchev–Trinajstić information content (AvgIpc) is 2.82. The van der Waals surface area contributed by atoms with E-state index in [-0.39, 0.29) is 17.4 Å². The number of nitrogens with one attached hydrogen (secondary N) is 2. The van der Waals surface area contributed by atoms with Crippen molar-refractivity contribution in [3.05, 3.63) is 77.9 Å². The van der Waals surface area contributed by atoms with E-state index in [9.17, 15) is 13.2 Å². The Labute approximate surface area is 193 Å². The number of sulfonamides is 1. The summed E-state index contributed by atoms with van der Waals surface area (Å²) in [5, 5.41) is 2.77. The standard InChI is InChI=1S/C24H26N2O6S/c1-17-13-20(33(28,29)26-19-7-5-4-6-8-19)10-12-21(17)32-16-24(27)25-15-18-9-11-22(30-2)23(14-18)31-3/h4-14,26H,15-16H2,1-3H3,(H,25,27). The molecule has 2 N–H and O–H groups in total. The van der Waals surface area contributed by atoms with E-state index in [1.54, 1.807) is 63.6 Å². The van der Waals surface area contributed by atoms with Gasteiger partial charge in [0.25, 0.3) is 15.9 Å². The quantitative estimate of drug-likeness (QED) is 0.470. The Morgan fingerprint density at radius 1 is 0.879 bits per heavy atom. The summed E-state index contributed by atoms with van der Waals surface area (Å²) in [6.07, 6.45) is 0. The topological polar surface area (TPSA) is 103 Å². The molecule has 0 saturated heterocycles. The Balaban J connectivity index is 1.56. The molecule has 3 rings (SSSR count). The van der Waals surface area contributed by atoms with Crippen LogP contribution in [0.25, 0.3) is 0 Å². The summed E-state index contributed by atoms with van der Waals surface area (Å²) in [6, 6.07) is 18.5. The van der Waals surface area contributed by atoms with Crippen molar-refractivity contribution in [3.8, 4) is 17.2 Å². The highest BCUT2D eigenvalue weighted by Gasteiger charge is 2.16. The first-order chi connectivity index (χ1) is 15.8. The number of amides is 1. The fraction of sp³-hybridized carbons (Fsp3) is 0.208. The highest BCUT2D eigenvalue weighted by molar-refractivity contribution is 7.92. The minimum Gasteiger partial charge on any atom is -0.493 e. The normalized spacial score (nSPS) is 10.9. The predicted octanol–water partition coefficient (Wildman–Crippen LogP) is 3.51. The first kappa shape index (κ1) is 23.9. The number of benzene rings is 3. The van der Waals surface area contributed by atoms with E-state index in [0.717, 1.165) is 5.56 Å². The molecule has 0 heterocycles. The van der Waals surface area contributed by atoms with Crippen molar-refractivity contribution in [1.82, 2.24) is 5.32 Å². The van der Waals surface area contributed by atoms with Gasteiger partial charge in [-0.05, 0) is 60.5 Å². The second-order valence-corrected chi connectivity index (χ2v) is 8.84. The Bertz CT molecular complexity index is 1210. The molecule has 0 aliphatic heterocycles. The number of aryl methyl sites for hydroxylation is 1. The molecule has 0 bridgehead atoms. The van der Waals surface area contributed by atoms with Crippen LogP contribution < -0.4 is 24.2 Å². The van der Waals surface area contributed by atoms with E-state index in [1.165, 1.54) is 18.2 Å². The number of carbonyl (C=O) groups excluding carboxylic acids is 1. The molecular formula is C24H26N2O6S. The molecule has 174 valence electrons. The third-order valence-corrected chi connectivity index (χ3v) is 6.16. The van der Waals surface area contributed by atoms with Gasteiger partial charge >= 0.3 is 0 Å². The van der Waals surface area contributed by atoms with Crippen molar-refractivity contribution in [2.24, 2.45) is 0 Å². The molecule has 1 amide bonds. The minimum absolute atomic E-state index is 0.106. The van der Waals surface area contributed by atoms with Gasteiger partial charge < -0.3 is 19.5 Å². The number of rotatable bonds is 10. The molecule has 0 saturated carbocycles. The number of anilines is 1. The third kappa shape index (κ3) is 6.39.